The fourth-order valence-corrected chi connectivity index (χ4v) is 1.14. The lowest BCUT2D eigenvalue weighted by Gasteiger charge is -2.07. The molecule has 8 heteroatoms. The van der Waals surface area contributed by atoms with Crippen molar-refractivity contribution in [3.05, 3.63) is 33.6 Å². The lowest BCUT2D eigenvalue weighted by Crippen LogP contribution is -2.27. The summed E-state index contributed by atoms with van der Waals surface area (Å²) in [6.45, 7) is 0.661. The number of ether oxygens (including phenoxy) is 1. The van der Waals surface area contributed by atoms with Gasteiger partial charge in [-0.3, -0.25) is 15.4 Å². The van der Waals surface area contributed by atoms with Crippen molar-refractivity contribution in [2.75, 3.05) is 6.73 Å². The monoisotopic (exact) mass is 244 g/mol. The van der Waals surface area contributed by atoms with Gasteiger partial charge in [0.05, 0.1) is 16.6 Å². The molecule has 2 N–H and O–H groups in total. The number of halogens is 1. The number of nitro groups is 1. The molecular formula is C9H9FN2O5. The Labute approximate surface area is 95.0 Å². The van der Waals surface area contributed by atoms with Crippen LogP contribution in [0, 0.1) is 22.9 Å². The van der Waals surface area contributed by atoms with Crippen molar-refractivity contribution >= 4 is 11.8 Å². The van der Waals surface area contributed by atoms with E-state index in [0.717, 1.165) is 12.1 Å². The van der Waals surface area contributed by atoms with E-state index in [-0.39, 0.29) is 11.3 Å². The van der Waals surface area contributed by atoms with Crippen LogP contribution in [0.15, 0.2) is 12.1 Å². The number of carbonyl (C=O) groups excluding carboxylic acids is 1. The Hall–Kier alpha value is -2.22. The molecule has 0 saturated carbocycles. The zero-order valence-electron chi connectivity index (χ0n) is 8.77. The van der Waals surface area contributed by atoms with Crippen molar-refractivity contribution in [3.63, 3.8) is 0 Å². The molecule has 0 saturated heterocycles. The Bertz CT molecular complexity index is 463. The van der Waals surface area contributed by atoms with Crippen LogP contribution in [0.3, 0.4) is 0 Å². The van der Waals surface area contributed by atoms with Crippen molar-refractivity contribution < 1.29 is 24.0 Å². The van der Waals surface area contributed by atoms with E-state index >= 15 is 0 Å². The highest BCUT2D eigenvalue weighted by atomic mass is 19.1. The maximum atomic E-state index is 13.0. The summed E-state index contributed by atoms with van der Waals surface area (Å²) < 4.78 is 17.6. The maximum Gasteiger partial charge on any atom is 0.414 e. The Morgan fingerprint density at radius 3 is 2.82 bits per heavy atom. The average molecular weight is 244 g/mol. The van der Waals surface area contributed by atoms with Crippen molar-refractivity contribution in [1.82, 2.24) is 5.32 Å². The second kappa shape index (κ2) is 5.21. The predicted molar refractivity (Wildman–Crippen MR) is 54.0 cm³/mol. The van der Waals surface area contributed by atoms with Gasteiger partial charge in [-0.05, 0) is 6.92 Å². The van der Waals surface area contributed by atoms with Crippen LogP contribution in [0.25, 0.3) is 0 Å². The molecule has 0 bridgehead atoms. The molecule has 1 amide bonds. The number of aliphatic hydroxyl groups excluding tert-OH is 1. The molecule has 17 heavy (non-hydrogen) atoms. The summed E-state index contributed by atoms with van der Waals surface area (Å²) in [7, 11) is 0. The summed E-state index contributed by atoms with van der Waals surface area (Å²) in [4.78, 5) is 20.8. The summed E-state index contributed by atoms with van der Waals surface area (Å²) in [5, 5.41) is 20.9. The van der Waals surface area contributed by atoms with Crippen molar-refractivity contribution in [2.45, 2.75) is 6.92 Å². The number of nitro benzene ring substituents is 1. The van der Waals surface area contributed by atoms with E-state index in [1.807, 2.05) is 5.32 Å². The fourth-order valence-electron chi connectivity index (χ4n) is 1.14. The molecule has 92 valence electrons. The van der Waals surface area contributed by atoms with Crippen LogP contribution >= 0.6 is 0 Å². The van der Waals surface area contributed by atoms with E-state index < -0.39 is 29.3 Å². The number of carbonyl (C=O) groups is 1. The van der Waals surface area contributed by atoms with Crippen molar-refractivity contribution in [2.24, 2.45) is 0 Å². The normalized spacial score (nSPS) is 9.82. The summed E-state index contributed by atoms with van der Waals surface area (Å²) in [6.07, 6.45) is -1.03. The zero-order chi connectivity index (χ0) is 13.0. The Morgan fingerprint density at radius 1 is 1.65 bits per heavy atom. The molecular weight excluding hydrogens is 235 g/mol. The minimum absolute atomic E-state index is 0.0180. The first kappa shape index (κ1) is 12.8. The zero-order valence-corrected chi connectivity index (χ0v) is 8.77. The molecule has 0 atom stereocenters. The van der Waals surface area contributed by atoms with E-state index in [1.54, 1.807) is 0 Å². The summed E-state index contributed by atoms with van der Waals surface area (Å²) >= 11 is 0. The number of hydrogen-bond acceptors (Lipinski definition) is 5. The fraction of sp³-hybridized carbons (Fsp3) is 0.222. The SMILES string of the molecule is Cc1c(OC(=O)NCO)cc(F)cc1[N+](=O)[O-]. The third-order valence-electron chi connectivity index (χ3n) is 1.92. The van der Waals surface area contributed by atoms with Gasteiger partial charge < -0.3 is 9.84 Å². The minimum Gasteiger partial charge on any atom is -0.410 e. The van der Waals surface area contributed by atoms with E-state index in [1.165, 1.54) is 6.92 Å². The van der Waals surface area contributed by atoms with Gasteiger partial charge in [0, 0.05) is 6.07 Å². The molecule has 1 aromatic rings. The molecule has 0 radical (unpaired) electrons. The Kier molecular flexibility index (Phi) is 3.94. The molecule has 0 fully saturated rings. The molecule has 0 aliphatic rings. The summed E-state index contributed by atoms with van der Waals surface area (Å²) in [6, 6.07) is 1.57. The van der Waals surface area contributed by atoms with Crippen LogP contribution in [0.5, 0.6) is 5.75 Å². The first-order valence-electron chi connectivity index (χ1n) is 4.46. The highest BCUT2D eigenvalue weighted by Gasteiger charge is 2.19. The van der Waals surface area contributed by atoms with Crippen LogP contribution in [-0.4, -0.2) is 22.9 Å². The standard InChI is InChI=1S/C9H9FN2O5/c1-5-7(12(15)16)2-6(10)3-8(5)17-9(14)11-4-13/h2-3,13H,4H2,1H3,(H,11,14). The van der Waals surface area contributed by atoms with Gasteiger partial charge >= 0.3 is 6.09 Å². The Morgan fingerprint density at radius 2 is 2.29 bits per heavy atom. The molecule has 0 aliphatic heterocycles. The number of rotatable bonds is 3. The van der Waals surface area contributed by atoms with Gasteiger partial charge in [0.1, 0.15) is 18.3 Å². The van der Waals surface area contributed by atoms with Crippen LogP contribution in [0.1, 0.15) is 5.56 Å². The smallest absolute Gasteiger partial charge is 0.410 e. The van der Waals surface area contributed by atoms with Gasteiger partial charge in [-0.1, -0.05) is 0 Å². The quantitative estimate of drug-likeness (QED) is 0.470. The van der Waals surface area contributed by atoms with Crippen LogP contribution < -0.4 is 10.1 Å². The number of nitrogens with one attached hydrogen (secondary N) is 1. The van der Waals surface area contributed by atoms with E-state index in [9.17, 15) is 19.3 Å². The van der Waals surface area contributed by atoms with E-state index in [4.69, 9.17) is 5.11 Å². The molecule has 7 nitrogen and oxygen atoms in total. The predicted octanol–water partition coefficient (Wildman–Crippen LogP) is 1.08. The second-order valence-electron chi connectivity index (χ2n) is 3.03. The number of benzene rings is 1. The van der Waals surface area contributed by atoms with Gasteiger partial charge in [0.2, 0.25) is 0 Å². The highest BCUT2D eigenvalue weighted by molar-refractivity contribution is 5.71. The summed E-state index contributed by atoms with van der Waals surface area (Å²) in [5.74, 6) is -1.17. The van der Waals surface area contributed by atoms with E-state index in [2.05, 4.69) is 4.74 Å². The van der Waals surface area contributed by atoms with Gasteiger partial charge in [0.25, 0.3) is 5.69 Å². The first-order chi connectivity index (χ1) is 7.95. The molecule has 0 unspecified atom stereocenters. The van der Waals surface area contributed by atoms with Crippen LogP contribution in [0.4, 0.5) is 14.9 Å². The largest absolute Gasteiger partial charge is 0.414 e. The lowest BCUT2D eigenvalue weighted by molar-refractivity contribution is -0.385. The van der Waals surface area contributed by atoms with Crippen LogP contribution in [-0.2, 0) is 0 Å². The van der Waals surface area contributed by atoms with Crippen LogP contribution in [0.2, 0.25) is 0 Å². The van der Waals surface area contributed by atoms with Gasteiger partial charge in [0.15, 0.2) is 0 Å². The Balaban J connectivity index is 3.07. The van der Waals surface area contributed by atoms with Gasteiger partial charge in [-0.15, -0.1) is 0 Å². The maximum absolute atomic E-state index is 13.0. The molecule has 0 heterocycles. The van der Waals surface area contributed by atoms with E-state index in [0.29, 0.717) is 0 Å². The molecule has 0 spiro atoms. The number of hydrogen-bond donors (Lipinski definition) is 2. The number of aliphatic hydroxyl groups is 1. The third-order valence-corrected chi connectivity index (χ3v) is 1.92. The lowest BCUT2D eigenvalue weighted by atomic mass is 10.2. The number of amides is 1. The third kappa shape index (κ3) is 3.11. The summed E-state index contributed by atoms with van der Waals surface area (Å²) in [5.41, 5.74) is -0.471. The van der Waals surface area contributed by atoms with Crippen molar-refractivity contribution in [1.29, 1.82) is 0 Å². The molecule has 0 aromatic heterocycles. The highest BCUT2D eigenvalue weighted by Crippen LogP contribution is 2.28. The number of nitrogens with zero attached hydrogens (tertiary/aromatic N) is 1. The molecule has 1 aromatic carbocycles. The van der Waals surface area contributed by atoms with Gasteiger partial charge in [-0.25, -0.2) is 9.18 Å². The topological polar surface area (TPSA) is 102 Å². The second-order valence-corrected chi connectivity index (χ2v) is 3.03. The molecule has 0 aliphatic carbocycles. The molecule has 1 rings (SSSR count). The average Bonchev–Trinajstić information content (AvgIpc) is 2.22. The van der Waals surface area contributed by atoms with Crippen molar-refractivity contribution in [3.8, 4) is 5.75 Å². The first-order valence-corrected chi connectivity index (χ1v) is 4.46. The minimum atomic E-state index is -1.03. The van der Waals surface area contributed by atoms with Gasteiger partial charge in [-0.2, -0.15) is 0 Å².